The lowest BCUT2D eigenvalue weighted by molar-refractivity contribution is -0.144. The Hall–Kier alpha value is -14.4. The van der Waals surface area contributed by atoms with Crippen LogP contribution in [0.4, 0.5) is 27.8 Å². The number of carboxylic acid groups (broad SMARTS) is 5. The maximum Gasteiger partial charge on any atom is 0.411 e. The molecule has 2 aromatic heterocycles. The van der Waals surface area contributed by atoms with E-state index in [0.29, 0.717) is 78.4 Å². The van der Waals surface area contributed by atoms with Gasteiger partial charge in [-0.05, 0) is 94.7 Å². The molecule has 48 heteroatoms. The van der Waals surface area contributed by atoms with Crippen LogP contribution in [0.25, 0.3) is 11.2 Å². The molecule has 3 aliphatic rings. The lowest BCUT2D eigenvalue weighted by Crippen LogP contribution is -2.59. The van der Waals surface area contributed by atoms with Gasteiger partial charge in [0.15, 0.2) is 40.1 Å². The highest BCUT2D eigenvalue weighted by atomic mass is 33.1. The number of amides is 9. The van der Waals surface area contributed by atoms with Crippen LogP contribution < -0.4 is 83.8 Å². The number of ether oxygens (including phenoxy) is 5. The number of nitrogens with zero attached hydrogens (tertiary/aromatic N) is 7. The van der Waals surface area contributed by atoms with Crippen LogP contribution in [0, 0.1) is 5.41 Å². The number of guanidine groups is 1. The summed E-state index contributed by atoms with van der Waals surface area (Å²) < 4.78 is 29.1. The molecule has 8 rings (SSSR count). The van der Waals surface area contributed by atoms with E-state index < -0.39 is 181 Å². The number of likely N-dealkylation sites (tertiary alicyclic amines) is 1. The van der Waals surface area contributed by atoms with Gasteiger partial charge in [-0.15, -0.1) is 0 Å². The maximum absolute atomic E-state index is 14.5. The molecule has 0 spiro atoms. The molecular formula is C78H96N20O26S2. The first-order valence-corrected chi connectivity index (χ1v) is 41.2. The predicted octanol–water partition coefficient (Wildman–Crippen LogP) is 1.62. The summed E-state index contributed by atoms with van der Waals surface area (Å²) >= 11 is 0. The van der Waals surface area contributed by atoms with Gasteiger partial charge in [0, 0.05) is 66.7 Å². The molecule has 5 heterocycles. The van der Waals surface area contributed by atoms with Gasteiger partial charge in [0.05, 0.1) is 106 Å². The minimum absolute atomic E-state index is 0.0241. The number of hydrogen-bond acceptors (Lipinski definition) is 31. The molecule has 0 aliphatic carbocycles. The van der Waals surface area contributed by atoms with Gasteiger partial charge in [-0.2, -0.15) is 4.98 Å². The summed E-state index contributed by atoms with van der Waals surface area (Å²) in [5, 5.41) is 81.5. The van der Waals surface area contributed by atoms with Gasteiger partial charge in [0.1, 0.15) is 50.0 Å². The molecule has 3 aromatic carbocycles. The standard InChI is InChI=1S/C78H96N20O26S2/c1-38-21-44-32-84-50-25-58(56(119-4)23-46(50)72(112)97(44)34-38)122-19-8-7-9-20-123-59-26-51(47(24-57(59)120-5)73(113)98-35-39(2)22-45(98)33-86-121-6)94-78(118)124-36-40(3)126-125-37-55(75(116)117)93-70(110)54(29-63(104)105)92-69(109)53(28-62(102)103)91-67(107)48(11-10-18-82-76(79)80)89-68(108)52(27-61(100)101)88-60(99)17-16-49(74(114)115)90-66(106)41-12-14-42(15-13-41)83-30-43-31-85-65-64(87-43)71(111)96-77(81)95-65/h12-15,23-26,31-33,40,44-45,48-49,52-55,83H,1-2,7-11,16-22,27-30,34-37H2,3-6H3,(H,88,99)(H,89,108)(H,90,106)(H,91,107)(H,92,109)(H,93,110)(H,94,118)(H,100,101)(H,102,103)(H,104,105)(H,114,115)(H,116,117)(H4,79,80,82)(H3,81,85,95,96,111)/b86-33+/t40?,44-,45-,48-,49-,52-,53-,54-,55-/m0/s1. The molecule has 0 radical (unpaired) electrons. The fourth-order valence-electron chi connectivity index (χ4n) is 12.8. The average Bonchev–Trinajstić information content (AvgIpc) is 1.59. The lowest BCUT2D eigenvalue weighted by atomic mass is 10.1. The van der Waals surface area contributed by atoms with E-state index in [-0.39, 0.29) is 103 Å². The highest BCUT2D eigenvalue weighted by molar-refractivity contribution is 8.77. The molecule has 3 aliphatic heterocycles. The molecule has 5 aromatic rings. The van der Waals surface area contributed by atoms with E-state index in [4.69, 9.17) is 45.4 Å². The largest absolute Gasteiger partial charge is 0.493 e. The van der Waals surface area contributed by atoms with E-state index in [1.165, 1.54) is 75.0 Å². The first-order valence-electron chi connectivity index (χ1n) is 38.9. The molecule has 676 valence electrons. The monoisotopic (exact) mass is 1790 g/mol. The minimum atomic E-state index is -2.22. The number of unbranched alkanes of at least 4 members (excludes halogenated alkanes) is 2. The lowest BCUT2D eigenvalue weighted by Gasteiger charge is -2.26. The van der Waals surface area contributed by atoms with Crippen molar-refractivity contribution in [3.05, 3.63) is 112 Å². The third-order valence-electron chi connectivity index (χ3n) is 19.0. The summed E-state index contributed by atoms with van der Waals surface area (Å²) in [6.07, 6.45) is 0.412. The Morgan fingerprint density at radius 2 is 1.30 bits per heavy atom. The SMILES string of the molecule is C=C1C[C@H]2C=Nc3cc(OCCCCCOc4cc(NC(=O)OCC(C)SSC[C@H](NC(=O)[C@H](CC(=O)O)NC(=O)[C@H](CC(=O)O)NC(=O)[C@H](CCCNC(=N)N)NC(=O)[C@H](CC(=O)O)NC(=O)CC[C@H](NC(=O)c5ccc(NCc6cnc7nc(N)[nH]c(=O)c7n6)cc5)C(=O)O)C(=O)O)c(C(=O)N5CC(=C)C[C@H]5/C=N/OC)cc4OC)c(OC)cc3C(=O)N2C1. The highest BCUT2D eigenvalue weighted by Crippen LogP contribution is 2.40. The third-order valence-corrected chi connectivity index (χ3v) is 21.9. The van der Waals surface area contributed by atoms with E-state index in [2.05, 4.69) is 85.8 Å². The summed E-state index contributed by atoms with van der Waals surface area (Å²) in [6, 6.07) is -0.975. The van der Waals surface area contributed by atoms with Gasteiger partial charge in [0.2, 0.25) is 35.5 Å². The second-order valence-corrected chi connectivity index (χ2v) is 31.5. The molecule has 2 fully saturated rings. The quantitative estimate of drug-likeness (QED) is 0.00657. The van der Waals surface area contributed by atoms with Crippen LogP contribution in [0.2, 0.25) is 0 Å². The van der Waals surface area contributed by atoms with Gasteiger partial charge in [-0.1, -0.05) is 51.0 Å². The average molecular weight is 1790 g/mol. The van der Waals surface area contributed by atoms with Gasteiger partial charge in [-0.25, -0.2) is 24.4 Å². The number of aromatic nitrogens is 4. The zero-order chi connectivity index (χ0) is 92.0. The molecule has 2 saturated heterocycles. The van der Waals surface area contributed by atoms with E-state index >= 15 is 0 Å². The minimum Gasteiger partial charge on any atom is -0.493 e. The molecular weight excluding hydrogens is 1700 g/mol. The predicted molar refractivity (Wildman–Crippen MR) is 454 cm³/mol. The van der Waals surface area contributed by atoms with Gasteiger partial charge in [0.25, 0.3) is 23.3 Å². The van der Waals surface area contributed by atoms with Crippen molar-refractivity contribution >= 4 is 157 Å². The molecule has 1 unspecified atom stereocenters. The number of aliphatic imine (C=N–C) groups is 1. The van der Waals surface area contributed by atoms with Crippen LogP contribution >= 0.6 is 21.6 Å². The molecule has 20 N–H and O–H groups in total. The number of nitrogens with two attached hydrogens (primary N) is 2. The third kappa shape index (κ3) is 28.9. The number of H-pyrrole nitrogens is 1. The summed E-state index contributed by atoms with van der Waals surface area (Å²) in [6.45, 7) is 10.2. The van der Waals surface area contributed by atoms with Crippen molar-refractivity contribution in [2.45, 2.75) is 144 Å². The number of anilines is 3. The van der Waals surface area contributed by atoms with E-state index in [9.17, 15) is 97.5 Å². The van der Waals surface area contributed by atoms with Crippen molar-refractivity contribution in [2.75, 3.05) is 82.9 Å². The van der Waals surface area contributed by atoms with E-state index in [1.807, 2.05) is 5.32 Å². The van der Waals surface area contributed by atoms with Crippen molar-refractivity contribution in [3.8, 4) is 23.0 Å². The summed E-state index contributed by atoms with van der Waals surface area (Å²) in [5.41, 5.74) is 13.4. The van der Waals surface area contributed by atoms with Crippen LogP contribution in [0.5, 0.6) is 23.0 Å². The van der Waals surface area contributed by atoms with Crippen LogP contribution in [0.3, 0.4) is 0 Å². The number of carboxylic acids is 5. The number of benzene rings is 3. The van der Waals surface area contributed by atoms with Crippen molar-refractivity contribution in [3.63, 3.8) is 0 Å². The normalized spacial score (nSPS) is 15.5. The number of carbonyl (C=O) groups is 14. The van der Waals surface area contributed by atoms with E-state index in [0.717, 1.165) is 27.2 Å². The van der Waals surface area contributed by atoms with Crippen molar-refractivity contribution < 1.29 is 121 Å². The number of nitrogens with one attached hydrogen (secondary N) is 11. The van der Waals surface area contributed by atoms with Crippen molar-refractivity contribution in [1.29, 1.82) is 5.41 Å². The number of aliphatic carboxylic acids is 5. The van der Waals surface area contributed by atoms with Crippen molar-refractivity contribution in [1.82, 2.24) is 67.0 Å². The number of carbonyl (C=O) groups excluding carboxylic acids is 9. The Morgan fingerprint density at radius 1 is 0.706 bits per heavy atom. The fourth-order valence-corrected chi connectivity index (χ4v) is 15.1. The number of oxime groups is 1. The van der Waals surface area contributed by atoms with Gasteiger partial charge in [-0.3, -0.25) is 78.2 Å². The second-order valence-electron chi connectivity index (χ2n) is 28.7. The molecule has 0 saturated carbocycles. The number of nitrogen functional groups attached to an aromatic ring is 1. The van der Waals surface area contributed by atoms with Crippen LogP contribution in [0.1, 0.15) is 121 Å². The number of rotatable bonds is 49. The zero-order valence-corrected chi connectivity index (χ0v) is 70.1. The number of hydrogen-bond donors (Lipinski definition) is 18. The smallest absolute Gasteiger partial charge is 0.411 e. The van der Waals surface area contributed by atoms with Crippen LogP contribution in [-0.2, 0) is 64.1 Å². The Balaban J connectivity index is 0.839. The Bertz CT molecular complexity index is 5080. The molecule has 9 amide bonds. The second kappa shape index (κ2) is 46.8. The van der Waals surface area contributed by atoms with Crippen LogP contribution in [0.15, 0.2) is 94.0 Å². The Labute approximate surface area is 725 Å². The van der Waals surface area contributed by atoms with Crippen LogP contribution in [-0.4, -0.2) is 277 Å². The van der Waals surface area contributed by atoms with Crippen molar-refractivity contribution in [2.24, 2.45) is 15.9 Å². The number of methoxy groups -OCH3 is 2. The molecule has 126 heavy (non-hydrogen) atoms. The number of fused-ring (bicyclic) bond motifs is 3. The first-order chi connectivity index (χ1) is 60.0. The fraction of sp³-hybridized carbons (Fsp3) is 0.423. The Kier molecular flexibility index (Phi) is 36.0. The Morgan fingerprint density at radius 3 is 1.91 bits per heavy atom. The maximum atomic E-state index is 14.5. The number of aromatic amines is 1. The van der Waals surface area contributed by atoms with Gasteiger partial charge < -0.3 is 118 Å². The molecule has 46 nitrogen and oxygen atoms in total. The van der Waals surface area contributed by atoms with E-state index in [1.54, 1.807) is 30.2 Å². The zero-order valence-electron chi connectivity index (χ0n) is 68.5. The summed E-state index contributed by atoms with van der Waals surface area (Å²) in [7, 11) is 6.00. The summed E-state index contributed by atoms with van der Waals surface area (Å²) in [4.78, 5) is 225. The molecule has 9 atom stereocenters. The topological polar surface area (TPSA) is 682 Å². The molecule has 0 bridgehead atoms. The highest BCUT2D eigenvalue weighted by Gasteiger charge is 2.39. The first kappa shape index (κ1) is 97.1. The summed E-state index contributed by atoms with van der Waals surface area (Å²) in [5.74, 6) is -17.0. The van der Waals surface area contributed by atoms with Gasteiger partial charge >= 0.3 is 35.9 Å².